The number of nitrogens with one attached hydrogen (secondary N) is 1. The molecule has 0 bridgehead atoms. The number of aromatic nitrogens is 1. The van der Waals surface area contributed by atoms with Crippen molar-refractivity contribution in [3.05, 3.63) is 35.2 Å². The fourth-order valence-electron chi connectivity index (χ4n) is 2.88. The Morgan fingerprint density at radius 2 is 2.22 bits per heavy atom. The topological polar surface area (TPSA) is 174 Å². The Kier molecular flexibility index (Phi) is 8.86. The van der Waals surface area contributed by atoms with Gasteiger partial charge in [-0.3, -0.25) is 19.3 Å². The van der Waals surface area contributed by atoms with E-state index in [0.717, 1.165) is 22.5 Å². The van der Waals surface area contributed by atoms with Gasteiger partial charge in [0.15, 0.2) is 10.8 Å². The summed E-state index contributed by atoms with van der Waals surface area (Å²) in [6.07, 6.45) is 1.00. The van der Waals surface area contributed by atoms with Crippen molar-refractivity contribution in [2.24, 2.45) is 5.16 Å². The fourth-order valence-corrected chi connectivity index (χ4v) is 4.76. The molecule has 1 aromatic heterocycles. The number of rotatable bonds is 8. The van der Waals surface area contributed by atoms with E-state index in [1.807, 2.05) is 0 Å². The first-order chi connectivity index (χ1) is 14.7. The fraction of sp³-hybridized carbons (Fsp3) is 0.294. The first kappa shape index (κ1) is 25.9. The summed E-state index contributed by atoms with van der Waals surface area (Å²) in [5.41, 5.74) is 5.57. The summed E-state index contributed by atoms with van der Waals surface area (Å²) >= 11 is 2.32. The number of oxime groups is 1. The maximum atomic E-state index is 12.7. The van der Waals surface area contributed by atoms with Gasteiger partial charge in [0.25, 0.3) is 11.8 Å². The number of fused-ring (bicyclic) bond motifs is 1. The maximum absolute atomic E-state index is 12.7. The molecule has 0 saturated carbocycles. The molecule has 1 saturated heterocycles. The molecule has 2 atom stereocenters. The number of esters is 1. The molecule has 1 aromatic rings. The third kappa shape index (κ3) is 5.32. The third-order valence-electron chi connectivity index (χ3n) is 4.18. The zero-order valence-corrected chi connectivity index (χ0v) is 17.7. The van der Waals surface area contributed by atoms with Crippen molar-refractivity contribution in [3.8, 4) is 0 Å². The number of β-lactam (4-membered cyclic amide) rings is 1. The van der Waals surface area contributed by atoms with Crippen molar-refractivity contribution in [1.82, 2.24) is 15.2 Å². The van der Waals surface area contributed by atoms with Gasteiger partial charge in [0.05, 0.1) is 0 Å². The number of amides is 2. The summed E-state index contributed by atoms with van der Waals surface area (Å²) in [5.74, 6) is -3.06. The third-order valence-corrected chi connectivity index (χ3v) is 6.20. The molecule has 2 aliphatic heterocycles. The van der Waals surface area contributed by atoms with Gasteiger partial charge < -0.3 is 25.7 Å². The Labute approximate surface area is 212 Å². The quantitative estimate of drug-likeness (QED) is 0.105. The predicted octanol–water partition coefficient (Wildman–Crippen LogP) is -0.757. The standard InChI is InChI=1S/C17H17N5O7S2.Na.H/c1-3-29-21-10(9-6-31-17(18)19-9)13(24)20-11-14(25)22-12(16(26)27)8(4-28-7(2)23)5-30-15(11)22;;/h3,6,11,15H,1,4-5H2,2H3,(H2,18,19)(H,20,24)(H,26,27);;/b21-10-;;/t11-,15-;;/m1../s1. The van der Waals surface area contributed by atoms with Crippen molar-refractivity contribution in [3.63, 3.8) is 0 Å². The molecular formula is C17H18N5NaO7S2. The van der Waals surface area contributed by atoms with E-state index in [9.17, 15) is 24.3 Å². The van der Waals surface area contributed by atoms with Crippen molar-refractivity contribution >= 4 is 87.3 Å². The molecule has 0 unspecified atom stereocenters. The van der Waals surface area contributed by atoms with Gasteiger partial charge in [-0.2, -0.15) is 0 Å². The van der Waals surface area contributed by atoms with Gasteiger partial charge in [-0.15, -0.1) is 23.1 Å². The molecule has 166 valence electrons. The van der Waals surface area contributed by atoms with Crippen LogP contribution in [0.1, 0.15) is 12.6 Å². The molecule has 0 radical (unpaired) electrons. The predicted molar refractivity (Wildman–Crippen MR) is 118 cm³/mol. The summed E-state index contributed by atoms with van der Waals surface area (Å²) in [6.45, 7) is 4.31. The van der Waals surface area contributed by atoms with E-state index in [1.165, 1.54) is 24.1 Å². The Hall–Kier alpha value is -2.39. The summed E-state index contributed by atoms with van der Waals surface area (Å²) in [5, 5.41) is 16.8. The number of anilines is 1. The molecule has 2 aliphatic rings. The Morgan fingerprint density at radius 3 is 2.78 bits per heavy atom. The second kappa shape index (κ2) is 11.0. The number of thioether (sulfide) groups is 1. The first-order valence-electron chi connectivity index (χ1n) is 8.65. The van der Waals surface area contributed by atoms with E-state index in [-0.39, 0.29) is 64.2 Å². The van der Waals surface area contributed by atoms with Gasteiger partial charge in [0, 0.05) is 23.6 Å². The van der Waals surface area contributed by atoms with E-state index >= 15 is 0 Å². The van der Waals surface area contributed by atoms with Crippen LogP contribution in [0, 0.1) is 0 Å². The van der Waals surface area contributed by atoms with Crippen LogP contribution < -0.4 is 11.1 Å². The Bertz CT molecular complexity index is 1020. The number of thiazole rings is 1. The molecular weight excluding hydrogens is 473 g/mol. The summed E-state index contributed by atoms with van der Waals surface area (Å²) < 4.78 is 4.88. The number of aliphatic carboxylic acids is 1. The normalized spacial score (nSPS) is 19.8. The second-order valence-electron chi connectivity index (χ2n) is 6.18. The number of hydrogen-bond donors (Lipinski definition) is 3. The molecule has 3 heterocycles. The number of nitrogens with zero attached hydrogens (tertiary/aromatic N) is 3. The second-order valence-corrected chi connectivity index (χ2v) is 8.18. The van der Waals surface area contributed by atoms with E-state index in [1.54, 1.807) is 0 Å². The van der Waals surface area contributed by atoms with Crippen LogP contribution in [0.4, 0.5) is 5.13 Å². The summed E-state index contributed by atoms with van der Waals surface area (Å²) in [4.78, 5) is 58.0. The van der Waals surface area contributed by atoms with E-state index in [4.69, 9.17) is 15.3 Å². The van der Waals surface area contributed by atoms with Crippen LogP contribution in [-0.4, -0.2) is 97.8 Å². The van der Waals surface area contributed by atoms with E-state index < -0.39 is 35.2 Å². The van der Waals surface area contributed by atoms with Crippen LogP contribution >= 0.6 is 23.1 Å². The van der Waals surface area contributed by atoms with Crippen LogP contribution in [0.3, 0.4) is 0 Å². The molecule has 12 nitrogen and oxygen atoms in total. The number of carboxylic acids is 1. The molecule has 3 rings (SSSR count). The monoisotopic (exact) mass is 491 g/mol. The van der Waals surface area contributed by atoms with Crippen LogP contribution in [0.15, 0.2) is 34.6 Å². The van der Waals surface area contributed by atoms with Gasteiger partial charge in [-0.25, -0.2) is 9.78 Å². The van der Waals surface area contributed by atoms with Crippen molar-refractivity contribution in [1.29, 1.82) is 0 Å². The van der Waals surface area contributed by atoms with E-state index in [2.05, 4.69) is 22.0 Å². The number of nitrogen functional groups attached to an aromatic ring is 1. The van der Waals surface area contributed by atoms with Gasteiger partial charge in [0.1, 0.15) is 35.7 Å². The zero-order valence-electron chi connectivity index (χ0n) is 16.1. The number of carbonyl (C=O) groups is 4. The summed E-state index contributed by atoms with van der Waals surface area (Å²) in [6, 6.07) is -0.993. The minimum absolute atomic E-state index is 0. The SMILES string of the molecule is C=CO/N=C(\C(=O)N[C@@H]1C(=O)N2C(C(=O)O)=C(COC(C)=O)CS[C@H]12)c1csc(N)n1.[NaH]. The molecule has 0 aliphatic carbocycles. The number of nitrogens with two attached hydrogens (primary N) is 1. The Morgan fingerprint density at radius 1 is 1.50 bits per heavy atom. The Balaban J connectivity index is 0.00000363. The number of ether oxygens (including phenoxy) is 1. The molecule has 0 spiro atoms. The number of carboxylic acid groups (broad SMARTS) is 1. The summed E-state index contributed by atoms with van der Waals surface area (Å²) in [7, 11) is 0. The average Bonchev–Trinajstić information content (AvgIpc) is 3.15. The van der Waals surface area contributed by atoms with Crippen LogP contribution in [0.2, 0.25) is 0 Å². The number of carbonyl (C=O) groups excluding carboxylic acids is 3. The molecule has 0 aromatic carbocycles. The van der Waals surface area contributed by atoms with Gasteiger partial charge in [-0.1, -0.05) is 11.7 Å². The minimum atomic E-state index is -1.33. The number of hydrogen-bond acceptors (Lipinski definition) is 11. The first-order valence-corrected chi connectivity index (χ1v) is 10.6. The average molecular weight is 491 g/mol. The molecule has 2 amide bonds. The molecule has 1 fully saturated rings. The van der Waals surface area contributed by atoms with Crippen molar-refractivity contribution in [2.75, 3.05) is 18.1 Å². The molecule has 4 N–H and O–H groups in total. The van der Waals surface area contributed by atoms with Crippen molar-refractivity contribution in [2.45, 2.75) is 18.3 Å². The van der Waals surface area contributed by atoms with Crippen LogP contribution in [0.5, 0.6) is 0 Å². The van der Waals surface area contributed by atoms with Crippen molar-refractivity contribution < 1.29 is 33.9 Å². The zero-order chi connectivity index (χ0) is 22.7. The molecule has 15 heteroatoms. The van der Waals surface area contributed by atoms with Gasteiger partial charge in [0.2, 0.25) is 0 Å². The van der Waals surface area contributed by atoms with Crippen LogP contribution in [0.25, 0.3) is 0 Å². The van der Waals surface area contributed by atoms with Gasteiger partial charge in [-0.05, 0) is 0 Å². The molecule has 32 heavy (non-hydrogen) atoms. The van der Waals surface area contributed by atoms with Gasteiger partial charge >= 0.3 is 41.5 Å². The van der Waals surface area contributed by atoms with E-state index in [0.29, 0.717) is 5.57 Å². The van der Waals surface area contributed by atoms with Crippen LogP contribution in [-0.2, 0) is 28.8 Å².